The number of rotatable bonds is 7. The van der Waals surface area contributed by atoms with Gasteiger partial charge in [-0.15, -0.1) is 0 Å². The Bertz CT molecular complexity index is 2180. The Hall–Kier alpha value is -4.51. The molecule has 3 fully saturated rings. The number of carbonyl (C=O) groups excluding carboxylic acids is 3. The van der Waals surface area contributed by atoms with Gasteiger partial charge < -0.3 is 25.4 Å². The third-order valence-corrected chi connectivity index (χ3v) is 13.6. The topological polar surface area (TPSA) is 201 Å². The molecule has 15 nitrogen and oxygen atoms in total. The molecular weight excluding hydrogens is 745 g/mol. The van der Waals surface area contributed by atoms with Gasteiger partial charge in [-0.05, 0) is 75.5 Å². The van der Waals surface area contributed by atoms with Gasteiger partial charge in [0.25, 0.3) is 5.91 Å². The number of nitrogens with one attached hydrogen (secondary N) is 3. The molecule has 4 heterocycles. The molecule has 290 valence electrons. The Morgan fingerprint density at radius 3 is 2.65 bits per heavy atom. The molecule has 2 aromatic heterocycles. The molecule has 7 atom stereocenters. The van der Waals surface area contributed by atoms with Gasteiger partial charge in [0.05, 0.1) is 23.1 Å². The summed E-state index contributed by atoms with van der Waals surface area (Å²) in [6.07, 6.45) is 5.14. The highest BCUT2D eigenvalue weighted by atomic mass is 35.5. The minimum atomic E-state index is -4.40. The fourth-order valence-electron chi connectivity index (χ4n) is 7.91. The lowest BCUT2D eigenvalue weighted by Crippen LogP contribution is -2.59. The molecule has 2 aliphatic heterocycles. The predicted molar refractivity (Wildman–Crippen MR) is 195 cm³/mol. The summed E-state index contributed by atoms with van der Waals surface area (Å²) in [6, 6.07) is 2.73. The van der Waals surface area contributed by atoms with Crippen molar-refractivity contribution in [2.75, 3.05) is 13.2 Å². The summed E-state index contributed by atoms with van der Waals surface area (Å²) in [4.78, 5) is 65.1. The van der Waals surface area contributed by atoms with Crippen LogP contribution in [0.15, 0.2) is 36.5 Å². The van der Waals surface area contributed by atoms with Crippen molar-refractivity contribution in [3.05, 3.63) is 47.3 Å². The van der Waals surface area contributed by atoms with E-state index in [9.17, 15) is 37.1 Å². The van der Waals surface area contributed by atoms with E-state index in [4.69, 9.17) is 16.3 Å². The molecule has 0 bridgehead atoms. The van der Waals surface area contributed by atoms with E-state index in [-0.39, 0.29) is 44.0 Å². The van der Waals surface area contributed by atoms with Crippen molar-refractivity contribution < 1.29 is 41.8 Å². The van der Waals surface area contributed by atoms with Crippen LogP contribution in [0.4, 0.5) is 9.18 Å². The van der Waals surface area contributed by atoms with Crippen molar-refractivity contribution >= 4 is 62.1 Å². The Labute approximate surface area is 316 Å². The maximum atomic E-state index is 14.5. The molecule has 1 aromatic carbocycles. The molecule has 4 amide bonds. The van der Waals surface area contributed by atoms with Crippen LogP contribution in [-0.4, -0.2) is 98.3 Å². The van der Waals surface area contributed by atoms with Gasteiger partial charge in [0.2, 0.25) is 33.5 Å². The lowest BCUT2D eigenvalue weighted by molar-refractivity contribution is -0.142. The van der Waals surface area contributed by atoms with Crippen LogP contribution in [0.3, 0.4) is 0 Å². The zero-order chi connectivity index (χ0) is 38.7. The van der Waals surface area contributed by atoms with Crippen LogP contribution in [0.2, 0.25) is 5.02 Å². The highest BCUT2D eigenvalue weighted by molar-refractivity contribution is 7.91. The van der Waals surface area contributed by atoms with E-state index in [1.807, 2.05) is 26.1 Å². The maximum Gasteiger partial charge on any atom is 0.405 e. The average Bonchev–Trinajstić information content (AvgIpc) is 3.97. The van der Waals surface area contributed by atoms with Crippen LogP contribution < -0.4 is 20.1 Å². The van der Waals surface area contributed by atoms with Gasteiger partial charge in [-0.2, -0.15) is 4.98 Å². The Morgan fingerprint density at radius 2 is 1.94 bits per heavy atom. The molecule has 54 heavy (non-hydrogen) atoms. The number of benzene rings is 1. The summed E-state index contributed by atoms with van der Waals surface area (Å²) >= 11 is 6.38. The van der Waals surface area contributed by atoms with Crippen molar-refractivity contribution in [1.82, 2.24) is 34.6 Å². The molecule has 0 radical (unpaired) electrons. The van der Waals surface area contributed by atoms with Crippen molar-refractivity contribution in [2.45, 2.75) is 94.2 Å². The van der Waals surface area contributed by atoms with Crippen LogP contribution in [0, 0.1) is 24.7 Å². The fourth-order valence-corrected chi connectivity index (χ4v) is 9.51. The third-order valence-electron chi connectivity index (χ3n) is 11.3. The van der Waals surface area contributed by atoms with Gasteiger partial charge in [-0.25, -0.2) is 22.6 Å². The second-order valence-corrected chi connectivity index (χ2v) is 17.9. The summed E-state index contributed by atoms with van der Waals surface area (Å²) in [5, 5.41) is 15.9. The van der Waals surface area contributed by atoms with Gasteiger partial charge in [0, 0.05) is 23.6 Å². The Balaban J connectivity index is 1.24. The SMILES string of the molecule is Cc1cn2c(n1)nc(O[C@@H]1C[C@H]3C(=O)N[C@]4(C(=O)NS(=O)(=O)C5(CF)CC5)C[C@H]4/C=C\CC[C@H](C)C[C@@H](C)[C@H](NC(=O)O)C(=O)N3C1)c1cc(Cl)ccc12. The molecule has 4 aliphatic rings. The first kappa shape index (κ1) is 37.8. The second kappa shape index (κ2) is 14.0. The van der Waals surface area contributed by atoms with Gasteiger partial charge in [-0.1, -0.05) is 37.6 Å². The standard InChI is InChI=1S/C36H43ClFN7O8S/c1-19-6-4-5-7-22-15-36(22,32(48)43-54(51,52)35(18-38)10-11-35)42-29(46)27-14-24(17-44(27)31(47)28(20(2)12-19)40-34(49)50)53-30-25-13-23(37)8-9-26(25)45-16-21(3)39-33(45)41-30/h5,7-9,13,16,19-20,22,24,27-28,40H,4,6,10-12,14-15,17-18H2,1-3H3,(H,42,46)(H,43,48)(H,49,50)/b7-5-/t19-,20+,22+,24+,27-,28-,36+/m0/s1. The van der Waals surface area contributed by atoms with Crippen LogP contribution in [0.1, 0.15) is 64.5 Å². The second-order valence-electron chi connectivity index (χ2n) is 15.4. The molecule has 7 rings (SSSR count). The summed E-state index contributed by atoms with van der Waals surface area (Å²) in [7, 11) is -4.40. The number of nitrogens with zero attached hydrogens (tertiary/aromatic N) is 4. The van der Waals surface area contributed by atoms with Crippen LogP contribution in [-0.2, 0) is 24.4 Å². The van der Waals surface area contributed by atoms with Gasteiger partial charge in [-0.3, -0.25) is 23.5 Å². The van der Waals surface area contributed by atoms with Crippen LogP contribution in [0.25, 0.3) is 16.7 Å². The van der Waals surface area contributed by atoms with E-state index >= 15 is 0 Å². The minimum absolute atomic E-state index is 0.0704. The smallest absolute Gasteiger partial charge is 0.405 e. The van der Waals surface area contributed by atoms with Gasteiger partial charge in [0.15, 0.2) is 0 Å². The number of sulfonamides is 1. The number of alkyl halides is 1. The fraction of sp³-hybridized carbons (Fsp3) is 0.556. The number of hydrogen-bond donors (Lipinski definition) is 4. The quantitative estimate of drug-likeness (QED) is 0.256. The van der Waals surface area contributed by atoms with E-state index < -0.39 is 80.8 Å². The highest BCUT2D eigenvalue weighted by Gasteiger charge is 2.64. The Kier molecular flexibility index (Phi) is 9.77. The van der Waals surface area contributed by atoms with Crippen molar-refractivity contribution in [2.24, 2.45) is 17.8 Å². The van der Waals surface area contributed by atoms with E-state index in [0.717, 1.165) is 0 Å². The minimum Gasteiger partial charge on any atom is -0.472 e. The lowest BCUT2D eigenvalue weighted by atomic mass is 9.88. The number of aryl methyl sites for hydroxylation is 1. The van der Waals surface area contributed by atoms with Crippen molar-refractivity contribution in [3.8, 4) is 5.88 Å². The number of aromatic nitrogens is 3. The van der Waals surface area contributed by atoms with Crippen molar-refractivity contribution in [1.29, 1.82) is 0 Å². The first-order chi connectivity index (χ1) is 25.6. The van der Waals surface area contributed by atoms with E-state index in [0.29, 0.717) is 46.7 Å². The zero-order valence-corrected chi connectivity index (χ0v) is 31.6. The lowest BCUT2D eigenvalue weighted by Gasteiger charge is -2.32. The molecule has 2 aliphatic carbocycles. The molecule has 18 heteroatoms. The average molecular weight is 788 g/mol. The number of fused-ring (bicyclic) bond motifs is 5. The molecule has 0 spiro atoms. The number of ether oxygens (including phenoxy) is 1. The van der Waals surface area contributed by atoms with Gasteiger partial charge >= 0.3 is 6.09 Å². The largest absolute Gasteiger partial charge is 0.472 e. The zero-order valence-electron chi connectivity index (χ0n) is 30.1. The number of halogens is 2. The van der Waals surface area contributed by atoms with Crippen LogP contribution >= 0.6 is 11.6 Å². The van der Waals surface area contributed by atoms with Gasteiger partial charge in [0.1, 0.15) is 35.1 Å². The molecule has 4 N–H and O–H groups in total. The summed E-state index contributed by atoms with van der Waals surface area (Å²) < 4.78 is 48.7. The van der Waals surface area contributed by atoms with E-state index in [2.05, 4.69) is 25.3 Å². The highest BCUT2D eigenvalue weighted by Crippen LogP contribution is 2.48. The molecule has 1 saturated heterocycles. The first-order valence-corrected chi connectivity index (χ1v) is 20.0. The first-order valence-electron chi connectivity index (χ1n) is 18.1. The van der Waals surface area contributed by atoms with E-state index in [1.165, 1.54) is 4.90 Å². The number of allylic oxidation sites excluding steroid dienone is 1. The van der Waals surface area contributed by atoms with E-state index in [1.54, 1.807) is 35.6 Å². The predicted octanol–water partition coefficient (Wildman–Crippen LogP) is 3.66. The van der Waals surface area contributed by atoms with Crippen LogP contribution in [0.5, 0.6) is 5.88 Å². The third kappa shape index (κ3) is 6.95. The molecule has 3 aromatic rings. The number of carbonyl (C=O) groups is 4. The Morgan fingerprint density at radius 1 is 1.19 bits per heavy atom. The summed E-state index contributed by atoms with van der Waals surface area (Å²) in [6.45, 7) is 4.31. The summed E-state index contributed by atoms with van der Waals surface area (Å²) in [5.74, 6) is -2.83. The molecular formula is C36H43ClFN7O8S. The number of imidazole rings is 1. The monoisotopic (exact) mass is 787 g/mol. The van der Waals surface area contributed by atoms with Crippen molar-refractivity contribution in [3.63, 3.8) is 0 Å². The number of amides is 4. The number of carboxylic acid groups (broad SMARTS) is 1. The molecule has 0 unspecified atom stereocenters. The maximum absolute atomic E-state index is 14.5. The number of hydrogen-bond acceptors (Lipinski definition) is 9. The summed E-state index contributed by atoms with van der Waals surface area (Å²) in [5.41, 5.74) is -0.274. The molecule has 2 saturated carbocycles. The normalized spacial score (nSPS) is 30.4.